The zero-order valence-corrected chi connectivity index (χ0v) is 6.53. The molecule has 10 heavy (non-hydrogen) atoms. The topological polar surface area (TPSA) is 66.6 Å². The molecule has 0 heterocycles. The van der Waals surface area contributed by atoms with E-state index in [9.17, 15) is 4.79 Å². The van der Waals surface area contributed by atoms with Crippen molar-refractivity contribution in [2.24, 2.45) is 5.73 Å². The lowest BCUT2D eigenvalue weighted by molar-refractivity contribution is -0.137. The molecule has 0 aliphatic heterocycles. The Morgan fingerprint density at radius 1 is 1.70 bits per heavy atom. The smallest absolute Gasteiger partial charge is 0.221 e. The average molecular weight is 146 g/mol. The summed E-state index contributed by atoms with van der Waals surface area (Å²) in [6.07, 6.45) is -0.877. The zero-order chi connectivity index (χ0) is 8.31. The molecule has 0 aromatic heterocycles. The van der Waals surface area contributed by atoms with Crippen LogP contribution in [-0.4, -0.2) is 35.2 Å². The molecule has 4 heteroatoms. The zero-order valence-electron chi connectivity index (χ0n) is 6.53. The molecule has 0 saturated carbocycles. The van der Waals surface area contributed by atoms with Gasteiger partial charge in [0.1, 0.15) is 6.23 Å². The van der Waals surface area contributed by atoms with Crippen molar-refractivity contribution in [3.63, 3.8) is 0 Å². The second-order valence-electron chi connectivity index (χ2n) is 2.40. The largest absolute Gasteiger partial charge is 0.372 e. The Balaban J connectivity index is 3.94. The molecule has 0 rings (SSSR count). The van der Waals surface area contributed by atoms with E-state index in [0.717, 1.165) is 0 Å². The Morgan fingerprint density at radius 3 is 2.20 bits per heavy atom. The second kappa shape index (κ2) is 3.53. The fraction of sp³-hybridized carbons (Fsp3) is 0.833. The van der Waals surface area contributed by atoms with Gasteiger partial charge in [-0.2, -0.15) is 0 Å². The fourth-order valence-corrected chi connectivity index (χ4v) is 0.539. The summed E-state index contributed by atoms with van der Waals surface area (Å²) in [5, 5.41) is 9.15. The van der Waals surface area contributed by atoms with Crippen LogP contribution in [0.15, 0.2) is 0 Å². The van der Waals surface area contributed by atoms with Gasteiger partial charge >= 0.3 is 0 Å². The van der Waals surface area contributed by atoms with Gasteiger partial charge in [-0.05, 0) is 6.92 Å². The van der Waals surface area contributed by atoms with E-state index in [1.54, 1.807) is 6.92 Å². The fourth-order valence-electron chi connectivity index (χ4n) is 0.539. The van der Waals surface area contributed by atoms with Crippen molar-refractivity contribution in [3.05, 3.63) is 0 Å². The van der Waals surface area contributed by atoms with Crippen molar-refractivity contribution < 1.29 is 9.90 Å². The van der Waals surface area contributed by atoms with Gasteiger partial charge in [0.15, 0.2) is 0 Å². The number of aliphatic hydroxyl groups is 1. The third-order valence-corrected chi connectivity index (χ3v) is 1.36. The van der Waals surface area contributed by atoms with Gasteiger partial charge in [0.05, 0.1) is 0 Å². The minimum absolute atomic E-state index is 0.190. The van der Waals surface area contributed by atoms with Crippen molar-refractivity contribution in [2.45, 2.75) is 26.1 Å². The summed E-state index contributed by atoms with van der Waals surface area (Å²) in [6, 6.07) is -0.408. The van der Waals surface area contributed by atoms with Gasteiger partial charge in [-0.15, -0.1) is 0 Å². The molecule has 2 atom stereocenters. The molecule has 60 valence electrons. The predicted octanol–water partition coefficient (Wildman–Crippen LogP) is -0.870. The predicted molar refractivity (Wildman–Crippen MR) is 38.1 cm³/mol. The number of nitrogens with zero attached hydrogens (tertiary/aromatic N) is 1. The molecule has 0 saturated heterocycles. The van der Waals surface area contributed by atoms with E-state index in [1.165, 1.54) is 18.9 Å². The van der Waals surface area contributed by atoms with Gasteiger partial charge in [-0.1, -0.05) is 0 Å². The number of nitrogens with two attached hydrogens (primary N) is 1. The molecular weight excluding hydrogens is 132 g/mol. The highest BCUT2D eigenvalue weighted by Gasteiger charge is 2.16. The van der Waals surface area contributed by atoms with Crippen LogP contribution in [0.25, 0.3) is 0 Å². The molecule has 1 unspecified atom stereocenters. The lowest BCUT2D eigenvalue weighted by atomic mass is 10.3. The Kier molecular flexibility index (Phi) is 3.32. The van der Waals surface area contributed by atoms with Crippen molar-refractivity contribution in [1.82, 2.24) is 4.90 Å². The minimum atomic E-state index is -0.877. The maximum atomic E-state index is 10.6. The van der Waals surface area contributed by atoms with E-state index < -0.39 is 12.3 Å². The molecule has 0 aromatic rings. The van der Waals surface area contributed by atoms with E-state index in [0.29, 0.717) is 0 Å². The number of carbonyl (C=O) groups is 1. The number of hydrogen-bond acceptors (Lipinski definition) is 3. The summed E-state index contributed by atoms with van der Waals surface area (Å²) < 4.78 is 0. The minimum Gasteiger partial charge on any atom is -0.372 e. The van der Waals surface area contributed by atoms with Gasteiger partial charge in [0.25, 0.3) is 0 Å². The third-order valence-electron chi connectivity index (χ3n) is 1.36. The first-order chi connectivity index (χ1) is 4.46. The molecule has 0 aromatic carbocycles. The van der Waals surface area contributed by atoms with E-state index in [4.69, 9.17) is 10.8 Å². The Bertz CT molecular complexity index is 125. The first-order valence-corrected chi connectivity index (χ1v) is 3.14. The van der Waals surface area contributed by atoms with Crippen molar-refractivity contribution >= 4 is 5.91 Å². The van der Waals surface area contributed by atoms with Gasteiger partial charge in [0.2, 0.25) is 5.91 Å². The van der Waals surface area contributed by atoms with Crippen LogP contribution in [-0.2, 0) is 4.79 Å². The highest BCUT2D eigenvalue weighted by Crippen LogP contribution is 1.95. The SMILES string of the molecule is CC(=O)N(C)C(O)[C@H](C)N. The van der Waals surface area contributed by atoms with Gasteiger partial charge in [-0.25, -0.2) is 0 Å². The highest BCUT2D eigenvalue weighted by atomic mass is 16.3. The number of likely N-dealkylation sites (N-methyl/N-ethyl adjacent to an activating group) is 1. The van der Waals surface area contributed by atoms with Crippen LogP contribution in [0.3, 0.4) is 0 Å². The lowest BCUT2D eigenvalue weighted by Crippen LogP contribution is -2.46. The van der Waals surface area contributed by atoms with Crippen LogP contribution in [0, 0.1) is 0 Å². The Morgan fingerprint density at radius 2 is 2.10 bits per heavy atom. The van der Waals surface area contributed by atoms with Gasteiger partial charge in [-0.3, -0.25) is 4.79 Å². The molecular formula is C6H14N2O2. The number of amides is 1. The highest BCUT2D eigenvalue weighted by molar-refractivity contribution is 5.73. The molecule has 0 fully saturated rings. The first-order valence-electron chi connectivity index (χ1n) is 3.14. The number of aliphatic hydroxyl groups excluding tert-OH is 1. The van der Waals surface area contributed by atoms with Crippen LogP contribution in [0.5, 0.6) is 0 Å². The Labute approximate surface area is 60.6 Å². The summed E-state index contributed by atoms with van der Waals surface area (Å²) >= 11 is 0. The molecule has 0 radical (unpaired) electrons. The summed E-state index contributed by atoms with van der Waals surface area (Å²) in [7, 11) is 1.51. The van der Waals surface area contributed by atoms with Crippen LogP contribution in [0.2, 0.25) is 0 Å². The summed E-state index contributed by atoms with van der Waals surface area (Å²) in [5.74, 6) is -0.190. The van der Waals surface area contributed by atoms with E-state index in [-0.39, 0.29) is 5.91 Å². The molecule has 4 nitrogen and oxygen atoms in total. The molecule has 0 spiro atoms. The number of carbonyl (C=O) groups excluding carboxylic acids is 1. The van der Waals surface area contributed by atoms with Crippen molar-refractivity contribution in [1.29, 1.82) is 0 Å². The van der Waals surface area contributed by atoms with Crippen molar-refractivity contribution in [2.75, 3.05) is 7.05 Å². The Hall–Kier alpha value is -0.610. The van der Waals surface area contributed by atoms with Crippen LogP contribution >= 0.6 is 0 Å². The first kappa shape index (κ1) is 9.39. The number of hydrogen-bond donors (Lipinski definition) is 2. The van der Waals surface area contributed by atoms with Gasteiger partial charge in [0, 0.05) is 20.0 Å². The summed E-state index contributed by atoms with van der Waals surface area (Å²) in [5.41, 5.74) is 5.33. The van der Waals surface area contributed by atoms with Gasteiger partial charge < -0.3 is 15.7 Å². The maximum absolute atomic E-state index is 10.6. The standard InChI is InChI=1S/C6H14N2O2/c1-4(7)6(10)8(3)5(2)9/h4,6,10H,7H2,1-3H3/t4-,6?/m0/s1. The average Bonchev–Trinajstić information content (AvgIpc) is 1.84. The molecule has 0 bridgehead atoms. The molecule has 3 N–H and O–H groups in total. The number of rotatable bonds is 2. The monoisotopic (exact) mass is 146 g/mol. The van der Waals surface area contributed by atoms with Crippen LogP contribution in [0.1, 0.15) is 13.8 Å². The summed E-state index contributed by atoms with van der Waals surface area (Å²) in [6.45, 7) is 3.02. The third kappa shape index (κ3) is 2.33. The van der Waals surface area contributed by atoms with Crippen molar-refractivity contribution in [3.8, 4) is 0 Å². The lowest BCUT2D eigenvalue weighted by Gasteiger charge is -2.24. The van der Waals surface area contributed by atoms with E-state index in [2.05, 4.69) is 0 Å². The van der Waals surface area contributed by atoms with E-state index >= 15 is 0 Å². The van der Waals surface area contributed by atoms with E-state index in [1.807, 2.05) is 0 Å². The molecule has 0 aliphatic rings. The van der Waals surface area contributed by atoms with Crippen LogP contribution in [0.4, 0.5) is 0 Å². The summed E-state index contributed by atoms with van der Waals surface area (Å²) in [4.78, 5) is 11.8. The molecule has 0 aliphatic carbocycles. The quantitative estimate of drug-likeness (QED) is 0.498. The second-order valence-corrected chi connectivity index (χ2v) is 2.40. The normalized spacial score (nSPS) is 16.1. The van der Waals surface area contributed by atoms with Crippen LogP contribution < -0.4 is 5.73 Å². The maximum Gasteiger partial charge on any atom is 0.221 e. The molecule has 1 amide bonds.